The number of halogens is 1. The largest absolute Gasteiger partial charge is 0.389 e. The van der Waals surface area contributed by atoms with E-state index < -0.39 is 6.61 Å². The van der Waals surface area contributed by atoms with Gasteiger partial charge in [0.15, 0.2) is 5.78 Å². The molecule has 0 amide bonds. The van der Waals surface area contributed by atoms with Crippen LogP contribution in [0, 0.1) is 34.5 Å². The summed E-state index contributed by atoms with van der Waals surface area (Å²) < 4.78 is 14.3. The summed E-state index contributed by atoms with van der Waals surface area (Å²) in [5, 5.41) is 9.31. The van der Waals surface area contributed by atoms with Crippen LogP contribution in [-0.2, 0) is 4.79 Å². The first-order valence-corrected chi connectivity index (χ1v) is 10.0. The van der Waals surface area contributed by atoms with Crippen LogP contribution in [-0.4, -0.2) is 17.5 Å². The molecule has 3 fully saturated rings. The lowest BCUT2D eigenvalue weighted by atomic mass is 9.46. The van der Waals surface area contributed by atoms with Crippen LogP contribution in [0.2, 0.25) is 0 Å². The molecular weight excluding hydrogens is 315 g/mol. The molecule has 4 aliphatic rings. The molecule has 138 valence electrons. The van der Waals surface area contributed by atoms with Crippen molar-refractivity contribution in [2.24, 2.45) is 34.5 Å². The monoisotopic (exact) mass is 346 g/mol. The first-order valence-electron chi connectivity index (χ1n) is 10.0. The molecule has 25 heavy (non-hydrogen) atoms. The Morgan fingerprint density at radius 2 is 1.92 bits per heavy atom. The van der Waals surface area contributed by atoms with Gasteiger partial charge in [0.05, 0.1) is 6.61 Å². The summed E-state index contributed by atoms with van der Waals surface area (Å²) in [4.78, 5) is 12.2. The van der Waals surface area contributed by atoms with Crippen molar-refractivity contribution in [2.75, 3.05) is 6.61 Å². The Hall–Kier alpha value is -0.960. The zero-order valence-corrected chi connectivity index (χ0v) is 15.8. The molecule has 0 aromatic heterocycles. The van der Waals surface area contributed by atoms with Gasteiger partial charge in [-0.25, -0.2) is 4.39 Å². The second-order valence-corrected chi connectivity index (χ2v) is 9.55. The number of hydrogen-bond donors (Lipinski definition) is 1. The Bertz CT molecular complexity index is 663. The average molecular weight is 346 g/mol. The van der Waals surface area contributed by atoms with Crippen molar-refractivity contribution in [1.82, 2.24) is 0 Å². The van der Waals surface area contributed by atoms with Crippen LogP contribution in [0.1, 0.15) is 65.7 Å². The van der Waals surface area contributed by atoms with Gasteiger partial charge in [0, 0.05) is 5.92 Å². The third-order valence-electron chi connectivity index (χ3n) is 8.52. The number of carbonyl (C=O) groups excluding carboxylic acids is 1. The van der Waals surface area contributed by atoms with E-state index >= 15 is 0 Å². The predicted molar refractivity (Wildman–Crippen MR) is 96.5 cm³/mol. The van der Waals surface area contributed by atoms with Gasteiger partial charge < -0.3 is 5.11 Å². The Morgan fingerprint density at radius 3 is 2.64 bits per heavy atom. The van der Waals surface area contributed by atoms with E-state index in [2.05, 4.69) is 20.8 Å². The summed E-state index contributed by atoms with van der Waals surface area (Å²) in [7, 11) is 0. The summed E-state index contributed by atoms with van der Waals surface area (Å²) in [5.41, 5.74) is 2.37. The van der Waals surface area contributed by atoms with Gasteiger partial charge >= 0.3 is 0 Å². The van der Waals surface area contributed by atoms with E-state index in [1.807, 2.05) is 6.08 Å². The Morgan fingerprint density at radius 1 is 1.20 bits per heavy atom. The van der Waals surface area contributed by atoms with Crippen molar-refractivity contribution in [3.63, 3.8) is 0 Å². The number of carbonyl (C=O) groups is 1. The maximum Gasteiger partial charge on any atom is 0.158 e. The van der Waals surface area contributed by atoms with Crippen molar-refractivity contribution in [3.05, 3.63) is 23.0 Å². The summed E-state index contributed by atoms with van der Waals surface area (Å²) >= 11 is 0. The van der Waals surface area contributed by atoms with Crippen molar-refractivity contribution in [1.29, 1.82) is 0 Å². The van der Waals surface area contributed by atoms with Crippen LogP contribution in [0.4, 0.5) is 4.39 Å². The highest BCUT2D eigenvalue weighted by atomic mass is 19.1. The minimum atomic E-state index is -0.448. The molecule has 0 aliphatic heterocycles. The second-order valence-electron chi connectivity index (χ2n) is 9.55. The van der Waals surface area contributed by atoms with Crippen LogP contribution in [0.15, 0.2) is 23.0 Å². The predicted octanol–water partition coefficient (Wildman–Crippen LogP) is 4.98. The highest BCUT2D eigenvalue weighted by Gasteiger charge is 2.58. The fraction of sp³-hybridized carbons (Fsp3) is 0.773. The highest BCUT2D eigenvalue weighted by molar-refractivity contribution is 5.93. The second kappa shape index (κ2) is 5.77. The Kier molecular flexibility index (Phi) is 4.03. The number of aliphatic hydroxyl groups is 1. The summed E-state index contributed by atoms with van der Waals surface area (Å²) in [6, 6.07) is 0. The van der Waals surface area contributed by atoms with E-state index in [1.54, 1.807) is 0 Å². The summed E-state index contributed by atoms with van der Waals surface area (Å²) in [5.74, 6) is 1.95. The molecule has 0 heterocycles. The van der Waals surface area contributed by atoms with Crippen molar-refractivity contribution >= 4 is 5.78 Å². The van der Waals surface area contributed by atoms with Crippen LogP contribution in [0.5, 0.6) is 0 Å². The molecule has 3 heteroatoms. The van der Waals surface area contributed by atoms with Gasteiger partial charge in [0.25, 0.3) is 0 Å². The fourth-order valence-electron chi connectivity index (χ4n) is 7.25. The third-order valence-corrected chi connectivity index (χ3v) is 8.52. The molecule has 0 aromatic rings. The minimum Gasteiger partial charge on any atom is -0.389 e. The first kappa shape index (κ1) is 17.5. The Labute approximate surface area is 150 Å². The number of fused-ring (bicyclic) bond motifs is 5. The van der Waals surface area contributed by atoms with Crippen molar-refractivity contribution in [3.8, 4) is 0 Å². The smallest absolute Gasteiger partial charge is 0.158 e. The number of aliphatic hydroxyl groups excluding tert-OH is 1. The van der Waals surface area contributed by atoms with Gasteiger partial charge in [-0.2, -0.15) is 0 Å². The normalized spacial score (nSPS) is 48.4. The molecule has 0 saturated heterocycles. The molecule has 2 nitrogen and oxygen atoms in total. The maximum absolute atomic E-state index is 14.3. The number of rotatable bonds is 1. The average Bonchev–Trinajstić information content (AvgIpc) is 2.93. The third kappa shape index (κ3) is 2.34. The van der Waals surface area contributed by atoms with Gasteiger partial charge in [-0.3, -0.25) is 4.79 Å². The molecule has 0 aromatic carbocycles. The lowest BCUT2D eigenvalue weighted by molar-refractivity contribution is -0.121. The van der Waals surface area contributed by atoms with E-state index in [0.717, 1.165) is 50.5 Å². The molecule has 1 N–H and O–H groups in total. The molecule has 0 spiro atoms. The van der Waals surface area contributed by atoms with Crippen LogP contribution in [0.25, 0.3) is 0 Å². The molecular formula is C22H31FO2. The molecule has 4 rings (SSSR count). The fourth-order valence-corrected chi connectivity index (χ4v) is 7.25. The zero-order valence-electron chi connectivity index (χ0n) is 15.8. The molecule has 4 aliphatic carbocycles. The van der Waals surface area contributed by atoms with Gasteiger partial charge in [-0.15, -0.1) is 0 Å². The standard InChI is InChI=1S/C22H31FO2/c1-13-11-22(3)14(10-20(13)25)4-5-15-16-6-7-18(19(23)12-24)21(16,2)9-8-17(15)22/h10,13,15-17,24H,4-9,11-12H2,1-3H3/t13-,15+,16+,17+,21+,22+/m1/s1. The lowest BCUT2D eigenvalue weighted by Gasteiger charge is -2.58. The van der Waals surface area contributed by atoms with Gasteiger partial charge in [-0.1, -0.05) is 26.3 Å². The number of ketones is 1. The summed E-state index contributed by atoms with van der Waals surface area (Å²) in [6.45, 7) is 6.26. The van der Waals surface area contributed by atoms with Crippen LogP contribution in [0.3, 0.4) is 0 Å². The van der Waals surface area contributed by atoms with Crippen molar-refractivity contribution < 1.29 is 14.3 Å². The SMILES string of the molecule is C[C@@H]1C[C@@]2(C)C(=CC1=O)CC[C@@H]1[C@@H]2CC[C@]2(C)C(=C(F)CO)CC[C@@H]12. The lowest BCUT2D eigenvalue weighted by Crippen LogP contribution is -2.50. The van der Waals surface area contributed by atoms with Gasteiger partial charge in [-0.05, 0) is 85.2 Å². The highest BCUT2D eigenvalue weighted by Crippen LogP contribution is 2.67. The summed E-state index contributed by atoms with van der Waals surface area (Å²) in [6.07, 6.45) is 9.13. The Balaban J connectivity index is 1.69. The number of allylic oxidation sites excluding steroid dienone is 2. The van der Waals surface area contributed by atoms with Crippen LogP contribution < -0.4 is 0 Å². The van der Waals surface area contributed by atoms with E-state index in [0.29, 0.717) is 23.5 Å². The van der Waals surface area contributed by atoms with E-state index in [-0.39, 0.29) is 22.6 Å². The van der Waals surface area contributed by atoms with Gasteiger partial charge in [0.1, 0.15) is 5.83 Å². The molecule has 6 atom stereocenters. The van der Waals surface area contributed by atoms with E-state index in [9.17, 15) is 14.3 Å². The molecule has 0 bridgehead atoms. The van der Waals surface area contributed by atoms with E-state index in [1.165, 1.54) is 5.57 Å². The number of hydrogen-bond acceptors (Lipinski definition) is 2. The maximum atomic E-state index is 14.3. The van der Waals surface area contributed by atoms with E-state index in [4.69, 9.17) is 0 Å². The van der Waals surface area contributed by atoms with Gasteiger partial charge in [0.2, 0.25) is 0 Å². The minimum absolute atomic E-state index is 0.0678. The zero-order chi connectivity index (χ0) is 18.0. The first-order chi connectivity index (χ1) is 11.8. The molecule has 0 radical (unpaired) electrons. The molecule has 0 unspecified atom stereocenters. The van der Waals surface area contributed by atoms with Crippen molar-refractivity contribution in [2.45, 2.75) is 65.7 Å². The molecule has 3 saturated carbocycles. The quantitative estimate of drug-likeness (QED) is 0.727. The topological polar surface area (TPSA) is 37.3 Å². The van der Waals surface area contributed by atoms with Crippen LogP contribution >= 0.6 is 0 Å².